The zero-order valence-electron chi connectivity index (χ0n) is 12.0. The van der Waals surface area contributed by atoms with Gasteiger partial charge in [-0.15, -0.1) is 0 Å². The van der Waals surface area contributed by atoms with E-state index in [0.29, 0.717) is 12.3 Å². The van der Waals surface area contributed by atoms with E-state index in [4.69, 9.17) is 4.74 Å². The smallest absolute Gasteiger partial charge is 0.377 e. The molecule has 3 aliphatic rings. The molecule has 1 amide bonds. The minimum atomic E-state index is -4.39. The van der Waals surface area contributed by atoms with Crippen LogP contribution in [-0.2, 0) is 22.3 Å². The lowest BCUT2D eigenvalue weighted by atomic mass is 9.69. The van der Waals surface area contributed by atoms with Crippen molar-refractivity contribution in [2.75, 3.05) is 13.7 Å². The number of ether oxygens (including phenoxy) is 1. The van der Waals surface area contributed by atoms with Crippen LogP contribution in [0.2, 0.25) is 0 Å². The molecule has 3 fully saturated rings. The second kappa shape index (κ2) is 5.20. The lowest BCUT2D eigenvalue weighted by Crippen LogP contribution is -2.52. The summed E-state index contributed by atoms with van der Waals surface area (Å²) in [6.07, 6.45) is -1.91. The van der Waals surface area contributed by atoms with Crippen LogP contribution in [0.4, 0.5) is 13.2 Å². The fourth-order valence-corrected chi connectivity index (χ4v) is 2.89. The second-order valence-corrected chi connectivity index (χ2v) is 5.86. The molecule has 0 atom stereocenters. The van der Waals surface area contributed by atoms with Crippen LogP contribution in [0, 0.1) is 5.41 Å². The van der Waals surface area contributed by atoms with Crippen LogP contribution in [-0.4, -0.2) is 35.7 Å². The van der Waals surface area contributed by atoms with Gasteiger partial charge in [-0.3, -0.25) is 14.8 Å². The molecule has 2 bridgehead atoms. The first-order valence-corrected chi connectivity index (χ1v) is 6.96. The summed E-state index contributed by atoms with van der Waals surface area (Å²) in [5, 5.41) is 1.38. The number of alkyl halides is 3. The maximum atomic E-state index is 12.4. The van der Waals surface area contributed by atoms with Crippen molar-refractivity contribution in [1.29, 1.82) is 0 Å². The molecule has 4 rings (SSSR count). The molecule has 2 saturated heterocycles. The molecule has 120 valence electrons. The number of carbonyl (C=O) groups excluding carboxylic acids is 1. The normalized spacial score (nSPS) is 26.6. The Hall–Kier alpha value is -1.67. The van der Waals surface area contributed by atoms with Crippen LogP contribution < -0.4 is 5.43 Å². The van der Waals surface area contributed by atoms with E-state index >= 15 is 0 Å². The van der Waals surface area contributed by atoms with Crippen LogP contribution in [0.15, 0.2) is 18.3 Å². The fraction of sp³-hybridized carbons (Fsp3) is 0.571. The van der Waals surface area contributed by atoms with Gasteiger partial charge in [0.15, 0.2) is 0 Å². The molecule has 5 nitrogen and oxygen atoms in total. The van der Waals surface area contributed by atoms with E-state index in [1.165, 1.54) is 11.1 Å². The molecule has 0 radical (unpaired) electrons. The Balaban J connectivity index is 1.55. The van der Waals surface area contributed by atoms with Crippen molar-refractivity contribution in [2.45, 2.75) is 31.7 Å². The average Bonchev–Trinajstić information content (AvgIpc) is 3.04. The van der Waals surface area contributed by atoms with Crippen LogP contribution >= 0.6 is 0 Å². The Morgan fingerprint density at radius 1 is 1.50 bits per heavy atom. The van der Waals surface area contributed by atoms with Crippen molar-refractivity contribution < 1.29 is 22.7 Å². The second-order valence-electron chi connectivity index (χ2n) is 5.86. The number of amides is 1. The van der Waals surface area contributed by atoms with Crippen molar-refractivity contribution >= 4 is 5.91 Å². The molecule has 0 unspecified atom stereocenters. The number of rotatable bonds is 4. The molecule has 3 heterocycles. The average molecular weight is 315 g/mol. The number of fused-ring (bicyclic) bond motifs is 1. The van der Waals surface area contributed by atoms with E-state index in [1.54, 1.807) is 7.05 Å². The van der Waals surface area contributed by atoms with E-state index in [-0.39, 0.29) is 18.6 Å². The first kappa shape index (κ1) is 15.2. The van der Waals surface area contributed by atoms with Crippen LogP contribution in [0.3, 0.4) is 0 Å². The van der Waals surface area contributed by atoms with Gasteiger partial charge in [-0.2, -0.15) is 13.2 Å². The predicted molar refractivity (Wildman–Crippen MR) is 70.3 cm³/mol. The highest BCUT2D eigenvalue weighted by molar-refractivity contribution is 5.84. The maximum Gasteiger partial charge on any atom is 0.417 e. The fourth-order valence-electron chi connectivity index (χ4n) is 2.89. The van der Waals surface area contributed by atoms with Crippen LogP contribution in [0.25, 0.3) is 0 Å². The highest BCUT2D eigenvalue weighted by Gasteiger charge is 2.57. The van der Waals surface area contributed by atoms with Gasteiger partial charge in [0.05, 0.1) is 35.9 Å². The number of hydrazine groups is 1. The van der Waals surface area contributed by atoms with E-state index in [1.807, 2.05) is 0 Å². The molecular weight excluding hydrogens is 299 g/mol. The van der Waals surface area contributed by atoms with Crippen LogP contribution in [0.5, 0.6) is 0 Å². The Morgan fingerprint density at radius 2 is 2.23 bits per heavy atom. The number of nitrogens with one attached hydrogen (secondary N) is 1. The molecular formula is C14H16F3N3O2. The summed E-state index contributed by atoms with van der Waals surface area (Å²) in [6.45, 7) is 0.627. The van der Waals surface area contributed by atoms with E-state index in [2.05, 4.69) is 10.4 Å². The van der Waals surface area contributed by atoms with Gasteiger partial charge in [0.1, 0.15) is 0 Å². The number of nitrogens with zero attached hydrogens (tertiary/aromatic N) is 2. The van der Waals surface area contributed by atoms with Gasteiger partial charge in [0, 0.05) is 13.2 Å². The molecule has 1 saturated carbocycles. The monoisotopic (exact) mass is 315 g/mol. The number of hydrogen-bond acceptors (Lipinski definition) is 4. The highest BCUT2D eigenvalue weighted by atomic mass is 19.4. The minimum Gasteiger partial charge on any atom is -0.377 e. The molecule has 2 aliphatic heterocycles. The number of aromatic nitrogens is 1. The highest BCUT2D eigenvalue weighted by Crippen LogP contribution is 2.50. The summed E-state index contributed by atoms with van der Waals surface area (Å²) in [5.74, 6) is -0.0480. The van der Waals surface area contributed by atoms with Crippen molar-refractivity contribution in [3.05, 3.63) is 29.6 Å². The zero-order chi connectivity index (χ0) is 16.0. The van der Waals surface area contributed by atoms with Crippen molar-refractivity contribution in [3.8, 4) is 0 Å². The predicted octanol–water partition coefficient (Wildman–Crippen LogP) is 1.74. The molecule has 22 heavy (non-hydrogen) atoms. The Kier molecular flexibility index (Phi) is 3.60. The van der Waals surface area contributed by atoms with E-state index in [0.717, 1.165) is 25.1 Å². The number of hydrogen-bond donors (Lipinski definition) is 1. The molecule has 1 aromatic rings. The van der Waals surface area contributed by atoms with Gasteiger partial charge < -0.3 is 4.74 Å². The van der Waals surface area contributed by atoms with Crippen molar-refractivity contribution in [2.24, 2.45) is 5.41 Å². The first-order valence-electron chi connectivity index (χ1n) is 6.96. The molecule has 1 aromatic heterocycles. The zero-order valence-corrected chi connectivity index (χ0v) is 12.0. The Labute approximate surface area is 125 Å². The van der Waals surface area contributed by atoms with Gasteiger partial charge in [0.25, 0.3) is 0 Å². The lowest BCUT2D eigenvalue weighted by molar-refractivity contribution is -0.146. The van der Waals surface area contributed by atoms with Gasteiger partial charge >= 0.3 is 6.18 Å². The largest absolute Gasteiger partial charge is 0.417 e. The van der Waals surface area contributed by atoms with Crippen LogP contribution in [0.1, 0.15) is 24.1 Å². The standard InChI is InChI=1S/C14H16F3N3O2/c1-20(12(21)13-4-11(5-13)22-8-13)19-7-10-3-2-9(6-18-10)14(15,16)17/h2-3,6,11,19H,4-5,7-8H2,1H3. The summed E-state index contributed by atoms with van der Waals surface area (Å²) in [7, 11) is 1.60. The van der Waals surface area contributed by atoms with Gasteiger partial charge in [-0.1, -0.05) is 0 Å². The number of carbonyl (C=O) groups is 1. The van der Waals surface area contributed by atoms with E-state index in [9.17, 15) is 18.0 Å². The Bertz CT molecular complexity index is 562. The van der Waals surface area contributed by atoms with Crippen molar-refractivity contribution in [3.63, 3.8) is 0 Å². The molecule has 0 spiro atoms. The molecule has 1 aliphatic carbocycles. The summed E-state index contributed by atoms with van der Waals surface area (Å²) in [6, 6.07) is 2.27. The third kappa shape index (κ3) is 2.68. The molecule has 8 heteroatoms. The van der Waals surface area contributed by atoms with E-state index < -0.39 is 17.2 Å². The SMILES string of the molecule is CN(NCc1ccc(C(F)(F)F)cn1)C(=O)C12COC(C1)C2. The topological polar surface area (TPSA) is 54.5 Å². The minimum absolute atomic E-state index is 0.0480. The summed E-state index contributed by atoms with van der Waals surface area (Å²) >= 11 is 0. The van der Waals surface area contributed by atoms with Gasteiger partial charge in [-0.25, -0.2) is 5.43 Å². The summed E-state index contributed by atoms with van der Waals surface area (Å²) in [4.78, 5) is 16.1. The van der Waals surface area contributed by atoms with Crippen molar-refractivity contribution in [1.82, 2.24) is 15.4 Å². The maximum absolute atomic E-state index is 12.4. The lowest BCUT2D eigenvalue weighted by Gasteiger charge is -2.36. The first-order chi connectivity index (χ1) is 10.3. The third-order valence-electron chi connectivity index (χ3n) is 4.24. The quantitative estimate of drug-likeness (QED) is 0.860. The summed E-state index contributed by atoms with van der Waals surface area (Å²) in [5.41, 5.74) is 2.09. The van der Waals surface area contributed by atoms with Gasteiger partial charge in [-0.05, 0) is 25.0 Å². The number of pyridine rings is 1. The Morgan fingerprint density at radius 3 is 2.73 bits per heavy atom. The third-order valence-corrected chi connectivity index (χ3v) is 4.24. The van der Waals surface area contributed by atoms with Gasteiger partial charge in [0.2, 0.25) is 5.91 Å². The summed E-state index contributed by atoms with van der Waals surface area (Å²) < 4.78 is 42.7. The number of halogens is 3. The molecule has 0 aromatic carbocycles. The molecule has 1 N–H and O–H groups in total.